The molecule has 86 valence electrons. The molecule has 2 nitrogen and oxygen atoms in total. The summed E-state index contributed by atoms with van der Waals surface area (Å²) in [4.78, 5) is 11.7. The minimum atomic E-state index is -0.588. The van der Waals surface area contributed by atoms with Crippen LogP contribution in [0.2, 0.25) is 5.02 Å². The number of halogens is 3. The number of benzene rings is 1. The summed E-state index contributed by atoms with van der Waals surface area (Å²) >= 11 is 8.76. The molecule has 0 spiro atoms. The second kappa shape index (κ2) is 4.72. The van der Waals surface area contributed by atoms with E-state index in [1.807, 2.05) is 0 Å². The number of carbonyl (C=O) groups is 1. The van der Waals surface area contributed by atoms with Gasteiger partial charge in [-0.25, -0.2) is 4.39 Å². The van der Waals surface area contributed by atoms with Crippen LogP contribution in [0.25, 0.3) is 0 Å². The van der Waals surface area contributed by atoms with E-state index in [1.165, 1.54) is 6.07 Å². The van der Waals surface area contributed by atoms with Gasteiger partial charge in [0.2, 0.25) is 0 Å². The third kappa shape index (κ3) is 2.38. The van der Waals surface area contributed by atoms with Gasteiger partial charge in [-0.05, 0) is 47.3 Å². The van der Waals surface area contributed by atoms with Crippen molar-refractivity contribution in [1.82, 2.24) is 5.32 Å². The first-order valence-electron chi connectivity index (χ1n) is 5.03. The van der Waals surface area contributed by atoms with Crippen molar-refractivity contribution in [2.24, 2.45) is 0 Å². The molecule has 16 heavy (non-hydrogen) atoms. The van der Waals surface area contributed by atoms with Crippen LogP contribution >= 0.6 is 27.5 Å². The molecule has 2 rings (SSSR count). The van der Waals surface area contributed by atoms with E-state index in [1.54, 1.807) is 0 Å². The third-order valence-electron chi connectivity index (χ3n) is 2.69. The van der Waals surface area contributed by atoms with Gasteiger partial charge < -0.3 is 5.32 Å². The van der Waals surface area contributed by atoms with Crippen LogP contribution in [0.15, 0.2) is 16.6 Å². The monoisotopic (exact) mass is 305 g/mol. The van der Waals surface area contributed by atoms with Crippen LogP contribution in [0.5, 0.6) is 0 Å². The lowest BCUT2D eigenvalue weighted by Crippen LogP contribution is -2.39. The SMILES string of the molecule is O=C(NC1CCC1)c1cc(F)c(Cl)c(Br)c1. The molecule has 0 radical (unpaired) electrons. The second-order valence-corrected chi connectivity index (χ2v) is 5.09. The van der Waals surface area contributed by atoms with E-state index >= 15 is 0 Å². The molecular formula is C11H10BrClFNO. The van der Waals surface area contributed by atoms with Gasteiger partial charge in [0, 0.05) is 16.1 Å². The average Bonchev–Trinajstić information content (AvgIpc) is 2.19. The van der Waals surface area contributed by atoms with Gasteiger partial charge in [0.15, 0.2) is 0 Å². The van der Waals surface area contributed by atoms with Crippen LogP contribution in [0.1, 0.15) is 29.6 Å². The number of hydrogen-bond donors (Lipinski definition) is 1. The summed E-state index contributed by atoms with van der Waals surface area (Å²) in [5, 5.41) is 2.84. The van der Waals surface area contributed by atoms with Crippen molar-refractivity contribution < 1.29 is 9.18 Å². The van der Waals surface area contributed by atoms with Crippen molar-refractivity contribution >= 4 is 33.4 Å². The van der Waals surface area contributed by atoms with Gasteiger partial charge in [-0.15, -0.1) is 0 Å². The fourth-order valence-electron chi connectivity index (χ4n) is 1.51. The number of nitrogens with one attached hydrogen (secondary N) is 1. The summed E-state index contributed by atoms with van der Waals surface area (Å²) in [6.07, 6.45) is 3.15. The minimum absolute atomic E-state index is 0.000180. The van der Waals surface area contributed by atoms with E-state index in [4.69, 9.17) is 11.6 Å². The van der Waals surface area contributed by atoms with E-state index in [0.717, 1.165) is 25.3 Å². The molecule has 0 atom stereocenters. The Balaban J connectivity index is 2.16. The van der Waals surface area contributed by atoms with Crippen molar-refractivity contribution in [3.05, 3.63) is 33.0 Å². The standard InChI is InChI=1S/C11H10BrClFNO/c12-8-4-6(5-9(14)10(8)13)11(16)15-7-2-1-3-7/h4-5,7H,1-3H2,(H,15,16). The maximum Gasteiger partial charge on any atom is 0.251 e. The maximum atomic E-state index is 13.3. The Hall–Kier alpha value is -0.610. The van der Waals surface area contributed by atoms with Crippen LogP contribution in [0.3, 0.4) is 0 Å². The number of amides is 1. The quantitative estimate of drug-likeness (QED) is 0.832. The Labute approximate surface area is 106 Å². The highest BCUT2D eigenvalue weighted by atomic mass is 79.9. The minimum Gasteiger partial charge on any atom is -0.349 e. The van der Waals surface area contributed by atoms with Crippen molar-refractivity contribution in [1.29, 1.82) is 0 Å². The zero-order valence-corrected chi connectivity index (χ0v) is 10.7. The molecule has 0 aromatic heterocycles. The summed E-state index contributed by atoms with van der Waals surface area (Å²) in [5.74, 6) is -0.837. The zero-order valence-electron chi connectivity index (χ0n) is 8.40. The lowest BCUT2D eigenvalue weighted by Gasteiger charge is -2.26. The normalized spacial score (nSPS) is 15.7. The van der Waals surface area contributed by atoms with E-state index in [2.05, 4.69) is 21.2 Å². The molecule has 1 aromatic carbocycles. The van der Waals surface area contributed by atoms with E-state index < -0.39 is 5.82 Å². The highest BCUT2D eigenvalue weighted by molar-refractivity contribution is 9.10. The predicted octanol–water partition coefficient (Wildman–Crippen LogP) is 3.52. The molecule has 0 bridgehead atoms. The molecule has 1 fully saturated rings. The van der Waals surface area contributed by atoms with Gasteiger partial charge in [0.25, 0.3) is 5.91 Å². The Kier molecular flexibility index (Phi) is 3.50. The van der Waals surface area contributed by atoms with E-state index in [-0.39, 0.29) is 17.0 Å². The molecule has 1 aliphatic rings. The largest absolute Gasteiger partial charge is 0.349 e. The van der Waals surface area contributed by atoms with Crippen LogP contribution in [0, 0.1) is 5.82 Å². The number of rotatable bonds is 2. The third-order valence-corrected chi connectivity index (χ3v) is 3.92. The Bertz CT molecular complexity index is 411. The van der Waals surface area contributed by atoms with Crippen molar-refractivity contribution in [3.8, 4) is 0 Å². The van der Waals surface area contributed by atoms with Gasteiger partial charge in [-0.1, -0.05) is 11.6 Å². The van der Waals surface area contributed by atoms with E-state index in [0.29, 0.717) is 10.0 Å². The first kappa shape index (κ1) is 11.9. The van der Waals surface area contributed by atoms with Crippen molar-refractivity contribution in [3.63, 3.8) is 0 Å². The molecule has 1 aliphatic carbocycles. The van der Waals surface area contributed by atoms with Gasteiger partial charge in [0.05, 0.1) is 5.02 Å². The molecule has 0 saturated heterocycles. The van der Waals surface area contributed by atoms with Gasteiger partial charge in [0.1, 0.15) is 5.82 Å². The smallest absolute Gasteiger partial charge is 0.251 e. The molecule has 1 N–H and O–H groups in total. The molecule has 1 aromatic rings. The second-order valence-electron chi connectivity index (χ2n) is 3.86. The zero-order chi connectivity index (χ0) is 11.7. The summed E-state index contributed by atoms with van der Waals surface area (Å²) in [6, 6.07) is 2.92. The lowest BCUT2D eigenvalue weighted by atomic mass is 9.93. The topological polar surface area (TPSA) is 29.1 Å². The van der Waals surface area contributed by atoms with Crippen LogP contribution in [-0.4, -0.2) is 11.9 Å². The summed E-state index contributed by atoms with van der Waals surface area (Å²) in [6.45, 7) is 0. The number of hydrogen-bond acceptors (Lipinski definition) is 1. The van der Waals surface area contributed by atoms with Crippen LogP contribution < -0.4 is 5.32 Å². The molecular weight excluding hydrogens is 296 g/mol. The average molecular weight is 307 g/mol. The van der Waals surface area contributed by atoms with Gasteiger partial charge in [-0.3, -0.25) is 4.79 Å². The molecule has 1 amide bonds. The van der Waals surface area contributed by atoms with Crippen LogP contribution in [-0.2, 0) is 0 Å². The predicted molar refractivity (Wildman–Crippen MR) is 64.2 cm³/mol. The molecule has 1 saturated carbocycles. The first-order chi connectivity index (χ1) is 7.58. The Morgan fingerprint density at radius 1 is 1.50 bits per heavy atom. The maximum absolute atomic E-state index is 13.3. The summed E-state index contributed by atoms with van der Waals surface area (Å²) in [5.41, 5.74) is 0.292. The Morgan fingerprint density at radius 3 is 2.69 bits per heavy atom. The van der Waals surface area contributed by atoms with Crippen LogP contribution in [0.4, 0.5) is 4.39 Å². The Morgan fingerprint density at radius 2 is 2.19 bits per heavy atom. The summed E-state index contributed by atoms with van der Waals surface area (Å²) < 4.78 is 13.7. The van der Waals surface area contributed by atoms with E-state index in [9.17, 15) is 9.18 Å². The number of carbonyl (C=O) groups excluding carboxylic acids is 1. The van der Waals surface area contributed by atoms with Crippen molar-refractivity contribution in [2.45, 2.75) is 25.3 Å². The fourth-order valence-corrected chi connectivity index (χ4v) is 2.05. The highest BCUT2D eigenvalue weighted by Crippen LogP contribution is 2.27. The molecule has 5 heteroatoms. The van der Waals surface area contributed by atoms with Gasteiger partial charge >= 0.3 is 0 Å². The van der Waals surface area contributed by atoms with Crippen molar-refractivity contribution in [2.75, 3.05) is 0 Å². The highest BCUT2D eigenvalue weighted by Gasteiger charge is 2.21. The van der Waals surface area contributed by atoms with Gasteiger partial charge in [-0.2, -0.15) is 0 Å². The molecule has 0 heterocycles. The summed E-state index contributed by atoms with van der Waals surface area (Å²) in [7, 11) is 0. The molecule has 0 unspecified atom stereocenters. The lowest BCUT2D eigenvalue weighted by molar-refractivity contribution is 0.0916. The molecule has 0 aliphatic heterocycles. The first-order valence-corrected chi connectivity index (χ1v) is 6.20. The fraction of sp³-hybridized carbons (Fsp3) is 0.364.